The van der Waals surface area contributed by atoms with Crippen LogP contribution in [-0.2, 0) is 14.8 Å². The van der Waals surface area contributed by atoms with E-state index in [4.69, 9.17) is 16.3 Å². The van der Waals surface area contributed by atoms with Crippen molar-refractivity contribution in [3.63, 3.8) is 0 Å². The highest BCUT2D eigenvalue weighted by Gasteiger charge is 2.28. The number of hydrogen-bond donors (Lipinski definition) is 1. The summed E-state index contributed by atoms with van der Waals surface area (Å²) in [7, 11) is -4.03. The molecular formula is C26H29ClN2O4S. The van der Waals surface area contributed by atoms with Gasteiger partial charge in [-0.05, 0) is 74.4 Å². The standard InChI is InChI=1S/C26H29ClN2O4S/c1-4-25(20-8-6-19(3)7-9-20)28-26(30)18-29(22-12-14-23(15-13-22)33-5-2)34(31,32)24-16-10-21(27)11-17-24/h6-17,25H,4-5,18H2,1-3H3,(H,28,30)/t25-/m1/s1. The first-order valence-electron chi connectivity index (χ1n) is 11.1. The van der Waals surface area contributed by atoms with Crippen LogP contribution in [0.5, 0.6) is 5.75 Å². The van der Waals surface area contributed by atoms with Crippen molar-refractivity contribution in [2.45, 2.75) is 38.1 Å². The third kappa shape index (κ3) is 6.30. The predicted molar refractivity (Wildman–Crippen MR) is 136 cm³/mol. The van der Waals surface area contributed by atoms with Crippen molar-refractivity contribution in [2.75, 3.05) is 17.5 Å². The number of rotatable bonds is 10. The first-order valence-corrected chi connectivity index (χ1v) is 12.9. The molecule has 3 aromatic carbocycles. The molecule has 0 unspecified atom stereocenters. The average molecular weight is 501 g/mol. The van der Waals surface area contributed by atoms with Crippen molar-refractivity contribution >= 4 is 33.2 Å². The lowest BCUT2D eigenvalue weighted by Gasteiger charge is -2.26. The van der Waals surface area contributed by atoms with E-state index in [9.17, 15) is 13.2 Å². The number of nitrogens with one attached hydrogen (secondary N) is 1. The molecule has 0 aromatic heterocycles. The summed E-state index contributed by atoms with van der Waals surface area (Å²) < 4.78 is 33.6. The molecule has 6 nitrogen and oxygen atoms in total. The van der Waals surface area contributed by atoms with Gasteiger partial charge in [0.2, 0.25) is 5.91 Å². The quantitative estimate of drug-likeness (QED) is 0.398. The third-order valence-electron chi connectivity index (χ3n) is 5.35. The molecule has 0 saturated heterocycles. The molecular weight excluding hydrogens is 472 g/mol. The number of carbonyl (C=O) groups is 1. The maximum atomic E-state index is 13.5. The first-order chi connectivity index (χ1) is 16.2. The minimum absolute atomic E-state index is 0.0455. The number of amides is 1. The fourth-order valence-electron chi connectivity index (χ4n) is 3.51. The van der Waals surface area contributed by atoms with Crippen LogP contribution in [0, 0.1) is 6.92 Å². The molecule has 3 rings (SSSR count). The zero-order valence-corrected chi connectivity index (χ0v) is 21.1. The molecule has 0 aliphatic heterocycles. The summed E-state index contributed by atoms with van der Waals surface area (Å²) in [5.41, 5.74) is 2.45. The fraction of sp³-hybridized carbons (Fsp3) is 0.269. The smallest absolute Gasteiger partial charge is 0.264 e. The van der Waals surface area contributed by atoms with Crippen LogP contribution in [0.1, 0.15) is 37.4 Å². The van der Waals surface area contributed by atoms with Crippen molar-refractivity contribution in [1.82, 2.24) is 5.32 Å². The third-order valence-corrected chi connectivity index (χ3v) is 7.39. The van der Waals surface area contributed by atoms with Crippen molar-refractivity contribution in [1.29, 1.82) is 0 Å². The Morgan fingerprint density at radius 2 is 1.59 bits per heavy atom. The molecule has 1 N–H and O–H groups in total. The van der Waals surface area contributed by atoms with E-state index in [1.165, 1.54) is 24.3 Å². The molecule has 0 heterocycles. The summed E-state index contributed by atoms with van der Waals surface area (Å²) in [6, 6.07) is 20.2. The number of benzene rings is 3. The van der Waals surface area contributed by atoms with E-state index in [1.54, 1.807) is 24.3 Å². The molecule has 180 valence electrons. The second-order valence-corrected chi connectivity index (χ2v) is 10.1. The largest absolute Gasteiger partial charge is 0.494 e. The molecule has 0 radical (unpaired) electrons. The summed E-state index contributed by atoms with van der Waals surface area (Å²) in [5.74, 6) is 0.212. The second kappa shape index (κ2) is 11.4. The van der Waals surface area contributed by atoms with Gasteiger partial charge in [-0.25, -0.2) is 8.42 Å². The van der Waals surface area contributed by atoms with Gasteiger partial charge in [0.1, 0.15) is 12.3 Å². The molecule has 0 saturated carbocycles. The molecule has 3 aromatic rings. The van der Waals surface area contributed by atoms with Gasteiger partial charge in [-0.3, -0.25) is 9.10 Å². The molecule has 34 heavy (non-hydrogen) atoms. The van der Waals surface area contributed by atoms with Gasteiger partial charge in [0.25, 0.3) is 10.0 Å². The molecule has 0 aliphatic rings. The van der Waals surface area contributed by atoms with Crippen LogP contribution in [0.15, 0.2) is 77.7 Å². The number of hydrogen-bond acceptors (Lipinski definition) is 4. The Morgan fingerprint density at radius 3 is 2.15 bits per heavy atom. The maximum Gasteiger partial charge on any atom is 0.264 e. The van der Waals surface area contributed by atoms with Crippen molar-refractivity contribution in [3.8, 4) is 5.75 Å². The number of carbonyl (C=O) groups excluding carboxylic acids is 1. The summed E-state index contributed by atoms with van der Waals surface area (Å²) in [5, 5.41) is 3.40. The van der Waals surface area contributed by atoms with Gasteiger partial charge in [0.05, 0.1) is 23.2 Å². The Kier molecular flexibility index (Phi) is 8.58. The molecule has 0 spiro atoms. The molecule has 1 atom stereocenters. The average Bonchev–Trinajstić information content (AvgIpc) is 2.83. The maximum absolute atomic E-state index is 13.5. The number of anilines is 1. The summed E-state index contributed by atoms with van der Waals surface area (Å²) >= 11 is 5.94. The van der Waals surface area contributed by atoms with E-state index in [1.807, 2.05) is 45.0 Å². The summed E-state index contributed by atoms with van der Waals surface area (Å²) in [6.45, 7) is 5.96. The van der Waals surface area contributed by atoms with Crippen LogP contribution in [-0.4, -0.2) is 27.5 Å². The van der Waals surface area contributed by atoms with Crippen molar-refractivity contribution in [2.24, 2.45) is 0 Å². The number of ether oxygens (including phenoxy) is 1. The van der Waals surface area contributed by atoms with E-state index in [2.05, 4.69) is 5.32 Å². The van der Waals surface area contributed by atoms with Crippen LogP contribution in [0.4, 0.5) is 5.69 Å². The molecule has 8 heteroatoms. The lowest BCUT2D eigenvalue weighted by Crippen LogP contribution is -2.42. The molecule has 0 fully saturated rings. The number of sulfonamides is 1. The van der Waals surface area contributed by atoms with Crippen LogP contribution >= 0.6 is 11.6 Å². The van der Waals surface area contributed by atoms with Gasteiger partial charge in [-0.1, -0.05) is 48.4 Å². The van der Waals surface area contributed by atoms with Gasteiger partial charge >= 0.3 is 0 Å². The number of aryl methyl sites for hydroxylation is 1. The van der Waals surface area contributed by atoms with Crippen LogP contribution in [0.25, 0.3) is 0 Å². The highest BCUT2D eigenvalue weighted by molar-refractivity contribution is 7.92. The number of halogens is 1. The Labute approximate surface area is 206 Å². The van der Waals surface area contributed by atoms with Gasteiger partial charge in [-0.15, -0.1) is 0 Å². The number of nitrogens with zero attached hydrogens (tertiary/aromatic N) is 1. The van der Waals surface area contributed by atoms with E-state index >= 15 is 0 Å². The topological polar surface area (TPSA) is 75.7 Å². The lowest BCUT2D eigenvalue weighted by atomic mass is 10.0. The zero-order chi connectivity index (χ0) is 24.7. The first kappa shape index (κ1) is 25.6. The van der Waals surface area contributed by atoms with Crippen molar-refractivity contribution in [3.05, 3.63) is 88.9 Å². The van der Waals surface area contributed by atoms with Crippen LogP contribution < -0.4 is 14.4 Å². The van der Waals surface area contributed by atoms with E-state index in [0.29, 0.717) is 29.5 Å². The van der Waals surface area contributed by atoms with Crippen LogP contribution in [0.2, 0.25) is 5.02 Å². The Balaban J connectivity index is 1.90. The summed E-state index contributed by atoms with van der Waals surface area (Å²) in [4.78, 5) is 13.1. The molecule has 1 amide bonds. The van der Waals surface area contributed by atoms with Crippen LogP contribution in [0.3, 0.4) is 0 Å². The highest BCUT2D eigenvalue weighted by atomic mass is 35.5. The van der Waals surface area contributed by atoms with E-state index in [-0.39, 0.29) is 17.5 Å². The molecule has 0 bridgehead atoms. The van der Waals surface area contributed by atoms with E-state index in [0.717, 1.165) is 15.4 Å². The highest BCUT2D eigenvalue weighted by Crippen LogP contribution is 2.27. The predicted octanol–water partition coefficient (Wildman–Crippen LogP) is 5.51. The van der Waals surface area contributed by atoms with Gasteiger partial charge in [-0.2, -0.15) is 0 Å². The van der Waals surface area contributed by atoms with Gasteiger partial charge in [0.15, 0.2) is 0 Å². The van der Waals surface area contributed by atoms with Gasteiger partial charge in [0, 0.05) is 5.02 Å². The minimum Gasteiger partial charge on any atom is -0.494 e. The Hall–Kier alpha value is -3.03. The van der Waals surface area contributed by atoms with Crippen molar-refractivity contribution < 1.29 is 17.9 Å². The molecule has 0 aliphatic carbocycles. The minimum atomic E-state index is -4.03. The fourth-order valence-corrected chi connectivity index (χ4v) is 5.06. The second-order valence-electron chi connectivity index (χ2n) is 7.83. The Morgan fingerprint density at radius 1 is 0.971 bits per heavy atom. The summed E-state index contributed by atoms with van der Waals surface area (Å²) in [6.07, 6.45) is 0.668. The zero-order valence-electron chi connectivity index (χ0n) is 19.5. The SMILES string of the molecule is CCOc1ccc(N(CC(=O)N[C@H](CC)c2ccc(C)cc2)S(=O)(=O)c2ccc(Cl)cc2)cc1. The lowest BCUT2D eigenvalue weighted by molar-refractivity contribution is -0.120. The Bertz CT molecular complexity index is 1200. The van der Waals surface area contributed by atoms with E-state index < -0.39 is 15.9 Å². The monoisotopic (exact) mass is 500 g/mol. The normalized spacial score (nSPS) is 12.1. The van der Waals surface area contributed by atoms with Gasteiger partial charge < -0.3 is 10.1 Å².